The molecular weight excluding hydrogens is 332 g/mol. The van der Waals surface area contributed by atoms with Crippen LogP contribution in [-0.4, -0.2) is 5.91 Å². The molecular formula is C24H32N2O. The predicted molar refractivity (Wildman–Crippen MR) is 115 cm³/mol. The summed E-state index contributed by atoms with van der Waals surface area (Å²) >= 11 is 0. The maximum Gasteiger partial charge on any atom is 0.256 e. The van der Waals surface area contributed by atoms with Gasteiger partial charge < -0.3 is 10.6 Å². The molecule has 0 unspecified atom stereocenters. The second-order valence-corrected chi connectivity index (χ2v) is 9.16. The van der Waals surface area contributed by atoms with Gasteiger partial charge in [-0.25, -0.2) is 0 Å². The van der Waals surface area contributed by atoms with Gasteiger partial charge in [-0.1, -0.05) is 72.4 Å². The Bertz CT molecular complexity index is 834. The van der Waals surface area contributed by atoms with E-state index in [2.05, 4.69) is 77.0 Å². The standard InChI is InChI=1S/C24H32N2O/c1-16-9-12-20(24(6,7)8)15-21(16)25-17(2)26-22(27)18-10-13-19(14-11-18)23(3,4)5/h9-15,25H,2H2,1,3-8H3,(H,26,27). The van der Waals surface area contributed by atoms with Crippen LogP contribution in [0.4, 0.5) is 5.69 Å². The van der Waals surface area contributed by atoms with Gasteiger partial charge in [-0.3, -0.25) is 4.79 Å². The highest BCUT2D eigenvalue weighted by atomic mass is 16.1. The number of amides is 1. The molecule has 2 rings (SSSR count). The average molecular weight is 365 g/mol. The Morgan fingerprint density at radius 3 is 1.89 bits per heavy atom. The second kappa shape index (κ2) is 7.59. The topological polar surface area (TPSA) is 41.1 Å². The van der Waals surface area contributed by atoms with E-state index in [9.17, 15) is 4.79 Å². The third-order valence-electron chi connectivity index (χ3n) is 4.67. The Morgan fingerprint density at radius 2 is 1.37 bits per heavy atom. The second-order valence-electron chi connectivity index (χ2n) is 9.16. The lowest BCUT2D eigenvalue weighted by molar-refractivity contribution is 0.0966. The number of anilines is 1. The molecule has 0 bridgehead atoms. The summed E-state index contributed by atoms with van der Waals surface area (Å²) in [6, 6.07) is 14.1. The van der Waals surface area contributed by atoms with Crippen LogP contribution in [0.3, 0.4) is 0 Å². The van der Waals surface area contributed by atoms with E-state index >= 15 is 0 Å². The van der Waals surface area contributed by atoms with E-state index in [1.165, 1.54) is 11.1 Å². The zero-order valence-electron chi connectivity index (χ0n) is 17.7. The number of carbonyl (C=O) groups is 1. The minimum absolute atomic E-state index is 0.0590. The number of benzene rings is 2. The molecule has 3 nitrogen and oxygen atoms in total. The fourth-order valence-electron chi connectivity index (χ4n) is 2.75. The molecule has 0 aliphatic rings. The Labute approximate surface area is 163 Å². The van der Waals surface area contributed by atoms with Crippen LogP contribution in [0.5, 0.6) is 0 Å². The summed E-state index contributed by atoms with van der Waals surface area (Å²) in [4.78, 5) is 12.5. The molecule has 0 aliphatic carbocycles. The number of carbonyl (C=O) groups excluding carboxylic acids is 1. The van der Waals surface area contributed by atoms with Gasteiger partial charge in [0.1, 0.15) is 5.82 Å². The SMILES string of the molecule is C=C(NC(=O)c1ccc(C(C)(C)C)cc1)Nc1cc(C(C)(C)C)ccc1C. The molecule has 0 spiro atoms. The zero-order valence-corrected chi connectivity index (χ0v) is 17.7. The molecule has 1 amide bonds. The van der Waals surface area contributed by atoms with Gasteiger partial charge in [-0.15, -0.1) is 0 Å². The largest absolute Gasteiger partial charge is 0.342 e. The minimum atomic E-state index is -0.169. The summed E-state index contributed by atoms with van der Waals surface area (Å²) in [5.74, 6) is 0.298. The Morgan fingerprint density at radius 1 is 0.852 bits per heavy atom. The van der Waals surface area contributed by atoms with E-state index in [1.54, 1.807) is 0 Å². The van der Waals surface area contributed by atoms with E-state index in [4.69, 9.17) is 0 Å². The van der Waals surface area contributed by atoms with Crippen molar-refractivity contribution < 1.29 is 4.79 Å². The fraction of sp³-hybridized carbons (Fsp3) is 0.375. The molecule has 0 aliphatic heterocycles. The Hall–Kier alpha value is -2.55. The summed E-state index contributed by atoms with van der Waals surface area (Å²) in [5, 5.41) is 6.08. The van der Waals surface area contributed by atoms with Crippen molar-refractivity contribution in [3.8, 4) is 0 Å². The van der Waals surface area contributed by atoms with E-state index in [0.717, 1.165) is 11.3 Å². The summed E-state index contributed by atoms with van der Waals surface area (Å²) in [6.45, 7) is 19.0. The maximum atomic E-state index is 12.5. The summed E-state index contributed by atoms with van der Waals surface area (Å²) in [5.41, 5.74) is 5.23. The van der Waals surface area contributed by atoms with Crippen LogP contribution in [0.15, 0.2) is 54.9 Å². The van der Waals surface area contributed by atoms with Gasteiger partial charge in [0.15, 0.2) is 0 Å². The number of hydrogen-bond donors (Lipinski definition) is 2. The van der Waals surface area contributed by atoms with E-state index in [1.807, 2.05) is 31.2 Å². The van der Waals surface area contributed by atoms with Crippen molar-refractivity contribution >= 4 is 11.6 Å². The molecule has 3 heteroatoms. The van der Waals surface area contributed by atoms with Crippen LogP contribution in [-0.2, 0) is 10.8 Å². The van der Waals surface area contributed by atoms with Crippen molar-refractivity contribution in [3.63, 3.8) is 0 Å². The molecule has 0 heterocycles. The third-order valence-corrected chi connectivity index (χ3v) is 4.67. The molecule has 0 radical (unpaired) electrons. The molecule has 27 heavy (non-hydrogen) atoms. The molecule has 0 atom stereocenters. The fourth-order valence-corrected chi connectivity index (χ4v) is 2.75. The molecule has 0 aromatic heterocycles. The van der Waals surface area contributed by atoms with Gasteiger partial charge in [0.25, 0.3) is 5.91 Å². The lowest BCUT2D eigenvalue weighted by Crippen LogP contribution is -2.26. The number of nitrogens with one attached hydrogen (secondary N) is 2. The van der Waals surface area contributed by atoms with Crippen LogP contribution < -0.4 is 10.6 Å². The van der Waals surface area contributed by atoms with Crippen molar-refractivity contribution in [1.82, 2.24) is 5.32 Å². The van der Waals surface area contributed by atoms with Gasteiger partial charge in [0.05, 0.1) is 0 Å². The van der Waals surface area contributed by atoms with Crippen LogP contribution in [0.2, 0.25) is 0 Å². The van der Waals surface area contributed by atoms with Crippen molar-refractivity contribution in [2.75, 3.05) is 5.32 Å². The van der Waals surface area contributed by atoms with Crippen molar-refractivity contribution in [2.45, 2.75) is 59.3 Å². The molecule has 0 fully saturated rings. The van der Waals surface area contributed by atoms with E-state index in [0.29, 0.717) is 11.4 Å². The van der Waals surface area contributed by atoms with Crippen LogP contribution in [0.1, 0.15) is 68.6 Å². The smallest absolute Gasteiger partial charge is 0.256 e. The lowest BCUT2D eigenvalue weighted by atomic mass is 9.86. The highest BCUT2D eigenvalue weighted by Gasteiger charge is 2.16. The summed E-state index contributed by atoms with van der Waals surface area (Å²) in [6.07, 6.45) is 0. The lowest BCUT2D eigenvalue weighted by Gasteiger charge is -2.22. The maximum absolute atomic E-state index is 12.5. The Balaban J connectivity index is 2.08. The first-order valence-corrected chi connectivity index (χ1v) is 9.37. The van der Waals surface area contributed by atoms with Crippen molar-refractivity contribution in [2.24, 2.45) is 0 Å². The minimum Gasteiger partial charge on any atom is -0.342 e. The quantitative estimate of drug-likeness (QED) is 0.709. The van der Waals surface area contributed by atoms with Crippen LogP contribution in [0.25, 0.3) is 0 Å². The summed E-state index contributed by atoms with van der Waals surface area (Å²) in [7, 11) is 0. The van der Waals surface area contributed by atoms with Gasteiger partial charge in [0, 0.05) is 11.3 Å². The summed E-state index contributed by atoms with van der Waals surface area (Å²) < 4.78 is 0. The van der Waals surface area contributed by atoms with Crippen molar-refractivity contribution in [1.29, 1.82) is 0 Å². The molecule has 2 N–H and O–H groups in total. The van der Waals surface area contributed by atoms with Crippen molar-refractivity contribution in [3.05, 3.63) is 77.1 Å². The van der Waals surface area contributed by atoms with E-state index in [-0.39, 0.29) is 16.7 Å². The molecule has 0 saturated heterocycles. The van der Waals surface area contributed by atoms with Gasteiger partial charge in [-0.05, 0) is 52.6 Å². The highest BCUT2D eigenvalue weighted by molar-refractivity contribution is 5.95. The number of aryl methyl sites for hydroxylation is 1. The average Bonchev–Trinajstić information content (AvgIpc) is 2.55. The first kappa shape index (κ1) is 20.8. The Kier molecular flexibility index (Phi) is 5.84. The molecule has 0 saturated carbocycles. The van der Waals surface area contributed by atoms with Crippen LogP contribution >= 0.6 is 0 Å². The highest BCUT2D eigenvalue weighted by Crippen LogP contribution is 2.27. The molecule has 2 aromatic rings. The molecule has 2 aromatic carbocycles. The molecule has 144 valence electrons. The van der Waals surface area contributed by atoms with Gasteiger partial charge in [-0.2, -0.15) is 0 Å². The van der Waals surface area contributed by atoms with Gasteiger partial charge in [0.2, 0.25) is 0 Å². The number of rotatable bonds is 4. The first-order chi connectivity index (χ1) is 12.4. The normalized spacial score (nSPS) is 11.8. The monoisotopic (exact) mass is 364 g/mol. The first-order valence-electron chi connectivity index (χ1n) is 9.37. The van der Waals surface area contributed by atoms with Crippen LogP contribution in [0, 0.1) is 6.92 Å². The van der Waals surface area contributed by atoms with Gasteiger partial charge >= 0.3 is 0 Å². The third kappa shape index (κ3) is 5.46. The predicted octanol–water partition coefficient (Wildman–Crippen LogP) is 5.90. The van der Waals surface area contributed by atoms with E-state index < -0.39 is 0 Å². The number of hydrogen-bond acceptors (Lipinski definition) is 2. The zero-order chi connectivity index (χ0) is 20.4.